The van der Waals surface area contributed by atoms with Gasteiger partial charge in [-0.2, -0.15) is 9.97 Å². The number of rotatable bonds is 7. The van der Waals surface area contributed by atoms with Crippen molar-refractivity contribution in [3.8, 4) is 17.1 Å². The molecule has 0 spiro atoms. The van der Waals surface area contributed by atoms with Gasteiger partial charge in [-0.3, -0.25) is 9.69 Å². The summed E-state index contributed by atoms with van der Waals surface area (Å²) < 4.78 is 36.9. The molecule has 2 aromatic carbocycles. The van der Waals surface area contributed by atoms with E-state index in [-0.39, 0.29) is 55.5 Å². The van der Waals surface area contributed by atoms with Crippen LogP contribution in [0.5, 0.6) is 6.01 Å². The van der Waals surface area contributed by atoms with Crippen molar-refractivity contribution in [2.75, 3.05) is 44.3 Å². The number of benzene rings is 2. The fraction of sp³-hybridized carbons (Fsp3) is 0.308. The van der Waals surface area contributed by atoms with Crippen LogP contribution in [-0.4, -0.2) is 76.0 Å². The van der Waals surface area contributed by atoms with E-state index < -0.39 is 11.6 Å². The number of nitrogen functional groups attached to an aromatic ring is 1. The first-order valence-electron chi connectivity index (χ1n) is 12.3. The third-order valence-corrected chi connectivity index (χ3v) is 8.39. The van der Waals surface area contributed by atoms with E-state index >= 15 is 4.39 Å². The molecule has 2 fully saturated rings. The number of likely N-dealkylation sites (tertiary alicyclic amines) is 2. The predicted octanol–water partition coefficient (Wildman–Crippen LogP) is 4.31. The van der Waals surface area contributed by atoms with E-state index in [1.54, 1.807) is 11.0 Å². The minimum atomic E-state index is -0.717. The molecule has 2 aliphatic rings. The van der Waals surface area contributed by atoms with E-state index in [0.29, 0.717) is 36.5 Å². The van der Waals surface area contributed by atoms with Crippen LogP contribution in [0.3, 0.4) is 0 Å². The van der Waals surface area contributed by atoms with Gasteiger partial charge >= 0.3 is 6.01 Å². The number of fused-ring (bicyclic) bond motifs is 2. The van der Waals surface area contributed by atoms with Gasteiger partial charge in [0.2, 0.25) is 5.91 Å². The van der Waals surface area contributed by atoms with Gasteiger partial charge in [0.05, 0.1) is 21.3 Å². The van der Waals surface area contributed by atoms with Crippen molar-refractivity contribution >= 4 is 60.9 Å². The molecule has 9 nitrogen and oxygen atoms in total. The standard InChI is InChI=1S/C26H24ClF2N7O2S/c1-3-18(37)36-9-12(10-36)31-24-15-8-16(27)19(14-4-5-17(28)23-22(14)32-25(30)39-23)20(29)21(15)33-26(34-24)38-11-13-6-7-35(13)2/h3-5,8,12-13H,1,6-7,9-11H2,2H3,(H2,30,32)(H,31,33,34). The lowest BCUT2D eigenvalue weighted by Gasteiger charge is -2.39. The topological polar surface area (TPSA) is 110 Å². The summed E-state index contributed by atoms with van der Waals surface area (Å²) in [5, 5.41) is 3.86. The van der Waals surface area contributed by atoms with Crippen molar-refractivity contribution in [1.29, 1.82) is 0 Å². The van der Waals surface area contributed by atoms with Gasteiger partial charge in [-0.1, -0.05) is 29.5 Å². The number of carbonyl (C=O) groups excluding carboxylic acids is 1. The lowest BCUT2D eigenvalue weighted by Crippen LogP contribution is -2.56. The Morgan fingerprint density at radius 3 is 2.79 bits per heavy atom. The van der Waals surface area contributed by atoms with E-state index in [1.165, 1.54) is 18.2 Å². The van der Waals surface area contributed by atoms with Crippen molar-refractivity contribution in [2.24, 2.45) is 0 Å². The van der Waals surface area contributed by atoms with Crippen molar-refractivity contribution in [1.82, 2.24) is 24.8 Å². The molecule has 1 unspecified atom stereocenters. The summed E-state index contributed by atoms with van der Waals surface area (Å²) in [5.41, 5.74) is 6.37. The monoisotopic (exact) mass is 571 g/mol. The summed E-state index contributed by atoms with van der Waals surface area (Å²) in [6.07, 6.45) is 2.24. The van der Waals surface area contributed by atoms with Gasteiger partial charge in [0, 0.05) is 35.6 Å². The van der Waals surface area contributed by atoms with Gasteiger partial charge < -0.3 is 20.7 Å². The van der Waals surface area contributed by atoms with Crippen molar-refractivity contribution in [3.63, 3.8) is 0 Å². The highest BCUT2D eigenvalue weighted by molar-refractivity contribution is 7.22. The minimum absolute atomic E-state index is 0.0112. The zero-order chi connectivity index (χ0) is 27.4. The molecule has 39 heavy (non-hydrogen) atoms. The summed E-state index contributed by atoms with van der Waals surface area (Å²) in [4.78, 5) is 28.8. The molecule has 2 aliphatic heterocycles. The molecule has 0 bridgehead atoms. The smallest absolute Gasteiger partial charge is 0.319 e. The van der Waals surface area contributed by atoms with Gasteiger partial charge in [0.25, 0.3) is 0 Å². The summed E-state index contributed by atoms with van der Waals surface area (Å²) in [6, 6.07) is 4.35. The number of aromatic nitrogens is 3. The van der Waals surface area contributed by atoms with Crippen molar-refractivity contribution in [2.45, 2.75) is 18.5 Å². The van der Waals surface area contributed by atoms with E-state index in [1.807, 2.05) is 7.05 Å². The Labute approximate surface area is 231 Å². The molecule has 2 saturated heterocycles. The Morgan fingerprint density at radius 2 is 2.10 bits per heavy atom. The number of likely N-dealkylation sites (N-methyl/N-ethyl adjacent to an activating group) is 1. The van der Waals surface area contributed by atoms with Crippen molar-refractivity contribution in [3.05, 3.63) is 47.5 Å². The van der Waals surface area contributed by atoms with Gasteiger partial charge in [-0.15, -0.1) is 0 Å². The summed E-state index contributed by atoms with van der Waals surface area (Å²) in [6.45, 7) is 5.72. The second-order valence-electron chi connectivity index (χ2n) is 9.65. The molecule has 202 valence electrons. The predicted molar refractivity (Wildman–Crippen MR) is 148 cm³/mol. The number of nitrogens with two attached hydrogens (primary N) is 1. The lowest BCUT2D eigenvalue weighted by molar-refractivity contribution is -0.129. The zero-order valence-corrected chi connectivity index (χ0v) is 22.5. The van der Waals surface area contributed by atoms with Crippen LogP contribution in [0.2, 0.25) is 5.02 Å². The van der Waals surface area contributed by atoms with Crippen LogP contribution >= 0.6 is 22.9 Å². The van der Waals surface area contributed by atoms with Crippen LogP contribution in [0, 0.1) is 11.6 Å². The first-order valence-corrected chi connectivity index (χ1v) is 13.5. The maximum Gasteiger partial charge on any atom is 0.319 e. The maximum absolute atomic E-state index is 16.3. The number of halogens is 3. The van der Waals surface area contributed by atoms with E-state index in [4.69, 9.17) is 22.1 Å². The molecule has 0 saturated carbocycles. The maximum atomic E-state index is 16.3. The largest absolute Gasteiger partial charge is 0.462 e. The number of ether oxygens (including phenoxy) is 1. The van der Waals surface area contributed by atoms with Gasteiger partial charge in [-0.25, -0.2) is 13.8 Å². The normalized spacial score (nSPS) is 17.7. The third-order valence-electron chi connectivity index (χ3n) is 7.20. The first kappa shape index (κ1) is 25.7. The Morgan fingerprint density at radius 1 is 1.31 bits per heavy atom. The Kier molecular flexibility index (Phi) is 6.48. The number of carbonyl (C=O) groups is 1. The Hall–Kier alpha value is -3.61. The van der Waals surface area contributed by atoms with Crippen LogP contribution in [0.1, 0.15) is 6.42 Å². The molecule has 2 aromatic heterocycles. The van der Waals surface area contributed by atoms with E-state index in [0.717, 1.165) is 24.3 Å². The molecule has 3 N–H and O–H groups in total. The Bertz CT molecular complexity index is 1640. The molecule has 1 atom stereocenters. The number of hydrogen-bond donors (Lipinski definition) is 2. The highest BCUT2D eigenvalue weighted by Crippen LogP contribution is 2.42. The molecule has 0 aliphatic carbocycles. The number of thiazole rings is 1. The van der Waals surface area contributed by atoms with Crippen molar-refractivity contribution < 1.29 is 18.3 Å². The molecule has 13 heteroatoms. The van der Waals surface area contributed by atoms with Gasteiger partial charge in [0.15, 0.2) is 10.9 Å². The molecule has 1 amide bonds. The quantitative estimate of drug-likeness (QED) is 0.316. The molecule has 0 radical (unpaired) electrons. The summed E-state index contributed by atoms with van der Waals surface area (Å²) >= 11 is 7.62. The minimum Gasteiger partial charge on any atom is -0.462 e. The molecule has 4 heterocycles. The second-order valence-corrected chi connectivity index (χ2v) is 11.1. The molecule has 4 aromatic rings. The van der Waals surface area contributed by atoms with E-state index in [9.17, 15) is 9.18 Å². The molecule has 6 rings (SSSR count). The highest BCUT2D eigenvalue weighted by atomic mass is 35.5. The second kappa shape index (κ2) is 9.85. The summed E-state index contributed by atoms with van der Waals surface area (Å²) in [5.74, 6) is -1.05. The SMILES string of the molecule is C=CC(=O)N1CC(Nc2nc(OCC3CCN3C)nc3c(F)c(-c4ccc(F)c5sc(N)nc45)c(Cl)cc23)C1. The number of nitrogens with one attached hydrogen (secondary N) is 1. The molecular formula is C26H24ClF2N7O2S. The van der Waals surface area contributed by atoms with Crippen LogP contribution in [0.15, 0.2) is 30.9 Å². The third kappa shape index (κ3) is 4.52. The van der Waals surface area contributed by atoms with Crippen LogP contribution in [0.4, 0.5) is 19.7 Å². The van der Waals surface area contributed by atoms with Crippen LogP contribution in [0.25, 0.3) is 32.2 Å². The average molecular weight is 572 g/mol. The number of anilines is 2. The number of nitrogens with zero attached hydrogens (tertiary/aromatic N) is 5. The fourth-order valence-electron chi connectivity index (χ4n) is 4.81. The van der Waals surface area contributed by atoms with Crippen LogP contribution in [-0.2, 0) is 4.79 Å². The zero-order valence-electron chi connectivity index (χ0n) is 20.9. The molecular weight excluding hydrogens is 548 g/mol. The lowest BCUT2D eigenvalue weighted by atomic mass is 10.0. The van der Waals surface area contributed by atoms with Gasteiger partial charge in [0.1, 0.15) is 23.8 Å². The van der Waals surface area contributed by atoms with Crippen LogP contribution < -0.4 is 15.8 Å². The number of amides is 1. The average Bonchev–Trinajstić information content (AvgIpc) is 3.28. The number of hydrogen-bond acceptors (Lipinski definition) is 9. The fourth-order valence-corrected chi connectivity index (χ4v) is 5.87. The highest BCUT2D eigenvalue weighted by Gasteiger charge is 2.31. The Balaban J connectivity index is 1.44. The van der Waals surface area contributed by atoms with E-state index in [2.05, 4.69) is 31.7 Å². The summed E-state index contributed by atoms with van der Waals surface area (Å²) in [7, 11) is 2.00. The van der Waals surface area contributed by atoms with Gasteiger partial charge in [-0.05, 0) is 44.3 Å². The first-order chi connectivity index (χ1) is 18.7.